The Morgan fingerprint density at radius 2 is 2.16 bits per heavy atom. The molecule has 1 aromatic carbocycles. The molecular weight excluding hydrogens is 379 g/mol. The van der Waals surface area contributed by atoms with Gasteiger partial charge in [-0.3, -0.25) is 9.69 Å². The van der Waals surface area contributed by atoms with Crippen molar-refractivity contribution >= 4 is 45.6 Å². The fraction of sp³-hybridized carbons (Fsp3) is 0.444. The molecule has 2 heterocycles. The maximum Gasteiger partial charge on any atom is 0.231 e. The van der Waals surface area contributed by atoms with Gasteiger partial charge < -0.3 is 4.74 Å². The van der Waals surface area contributed by atoms with E-state index in [4.69, 9.17) is 27.9 Å². The normalized spacial score (nSPS) is 20.0. The van der Waals surface area contributed by atoms with Crippen LogP contribution in [-0.4, -0.2) is 30.1 Å². The average Bonchev–Trinajstić information content (AvgIpc) is 3.10. The van der Waals surface area contributed by atoms with Gasteiger partial charge in [0.15, 0.2) is 5.13 Å². The number of aromatic nitrogens is 1. The topological polar surface area (TPSA) is 42.4 Å². The van der Waals surface area contributed by atoms with E-state index in [1.54, 1.807) is 12.1 Å². The second-order valence-corrected chi connectivity index (χ2v) is 8.18. The minimum Gasteiger partial charge on any atom is -0.376 e. The first-order chi connectivity index (χ1) is 12.1. The number of hydrogen-bond acceptors (Lipinski definition) is 4. The van der Waals surface area contributed by atoms with Crippen LogP contribution < -0.4 is 4.90 Å². The summed E-state index contributed by atoms with van der Waals surface area (Å²) in [7, 11) is 0. The number of anilines is 1. The van der Waals surface area contributed by atoms with Crippen LogP contribution in [0.4, 0.5) is 5.13 Å². The Hall–Kier alpha value is -1.14. The van der Waals surface area contributed by atoms with Crippen molar-refractivity contribution in [3.05, 3.63) is 33.6 Å². The second-order valence-electron chi connectivity index (χ2n) is 6.50. The molecule has 1 aliphatic carbocycles. The van der Waals surface area contributed by atoms with E-state index in [9.17, 15) is 4.79 Å². The molecule has 0 bridgehead atoms. The van der Waals surface area contributed by atoms with Crippen LogP contribution >= 0.6 is 34.5 Å². The number of halogens is 2. The standard InChI is InChI=1S/C18H18Cl2N2O2S/c19-12-5-6-14(15(20)8-12)16-10-25-18(21-16)22(17(23)11-3-4-11)9-13-2-1-7-24-13/h5-6,8,10-11,13H,1-4,7,9H2. The fourth-order valence-corrected chi connectivity index (χ4v) is 4.36. The van der Waals surface area contributed by atoms with Gasteiger partial charge in [-0.05, 0) is 43.9 Å². The molecule has 1 unspecified atom stereocenters. The van der Waals surface area contributed by atoms with E-state index in [2.05, 4.69) is 4.98 Å². The highest BCUT2D eigenvalue weighted by Gasteiger charge is 2.36. The molecule has 25 heavy (non-hydrogen) atoms. The zero-order chi connectivity index (χ0) is 17.4. The summed E-state index contributed by atoms with van der Waals surface area (Å²) in [6, 6.07) is 5.36. The van der Waals surface area contributed by atoms with Gasteiger partial charge in [-0.2, -0.15) is 0 Å². The van der Waals surface area contributed by atoms with Gasteiger partial charge in [0.05, 0.1) is 23.4 Å². The van der Waals surface area contributed by atoms with Crippen molar-refractivity contribution in [2.75, 3.05) is 18.1 Å². The molecule has 1 aromatic heterocycles. The molecule has 132 valence electrons. The lowest BCUT2D eigenvalue weighted by Gasteiger charge is -2.23. The molecule has 0 radical (unpaired) electrons. The highest BCUT2D eigenvalue weighted by molar-refractivity contribution is 7.14. The van der Waals surface area contributed by atoms with E-state index < -0.39 is 0 Å². The number of amides is 1. The van der Waals surface area contributed by atoms with Crippen molar-refractivity contribution in [2.24, 2.45) is 5.92 Å². The molecule has 4 nitrogen and oxygen atoms in total. The molecule has 1 saturated heterocycles. The predicted octanol–water partition coefficient (Wildman–Crippen LogP) is 5.04. The predicted molar refractivity (Wildman–Crippen MR) is 102 cm³/mol. The van der Waals surface area contributed by atoms with E-state index >= 15 is 0 Å². The number of carbonyl (C=O) groups is 1. The van der Waals surface area contributed by atoms with Crippen LogP contribution in [0, 0.1) is 5.92 Å². The van der Waals surface area contributed by atoms with Crippen LogP contribution in [0.25, 0.3) is 11.3 Å². The smallest absolute Gasteiger partial charge is 0.231 e. The monoisotopic (exact) mass is 396 g/mol. The molecule has 1 atom stereocenters. The molecule has 1 aliphatic heterocycles. The van der Waals surface area contributed by atoms with Gasteiger partial charge in [0, 0.05) is 28.5 Å². The quantitative estimate of drug-likeness (QED) is 0.710. The Morgan fingerprint density at radius 3 is 2.84 bits per heavy atom. The van der Waals surface area contributed by atoms with Crippen LogP contribution in [0.15, 0.2) is 23.6 Å². The molecule has 0 N–H and O–H groups in total. The Morgan fingerprint density at radius 1 is 1.32 bits per heavy atom. The minimum atomic E-state index is 0.106. The summed E-state index contributed by atoms with van der Waals surface area (Å²) >= 11 is 13.7. The Bertz CT molecular complexity index is 785. The van der Waals surface area contributed by atoms with Gasteiger partial charge in [-0.1, -0.05) is 23.2 Å². The highest BCUT2D eigenvalue weighted by atomic mass is 35.5. The van der Waals surface area contributed by atoms with Gasteiger partial charge >= 0.3 is 0 Å². The van der Waals surface area contributed by atoms with E-state index in [0.29, 0.717) is 21.7 Å². The third-order valence-corrected chi connectivity index (χ3v) is 5.94. The first-order valence-electron chi connectivity index (χ1n) is 8.46. The first kappa shape index (κ1) is 17.3. The van der Waals surface area contributed by atoms with Crippen LogP contribution in [-0.2, 0) is 9.53 Å². The lowest BCUT2D eigenvalue weighted by molar-refractivity contribution is -0.120. The summed E-state index contributed by atoms with van der Waals surface area (Å²) < 4.78 is 5.73. The SMILES string of the molecule is O=C(C1CC1)N(CC1CCCO1)c1nc(-c2ccc(Cl)cc2Cl)cs1. The van der Waals surface area contributed by atoms with Crippen LogP contribution in [0.5, 0.6) is 0 Å². The van der Waals surface area contributed by atoms with Crippen molar-refractivity contribution in [2.45, 2.75) is 31.8 Å². The van der Waals surface area contributed by atoms with Crippen LogP contribution in [0.1, 0.15) is 25.7 Å². The molecule has 1 saturated carbocycles. The Kier molecular flexibility index (Phi) is 5.00. The van der Waals surface area contributed by atoms with Crippen LogP contribution in [0.3, 0.4) is 0 Å². The average molecular weight is 397 g/mol. The van der Waals surface area contributed by atoms with Crippen molar-refractivity contribution in [3.8, 4) is 11.3 Å². The molecule has 7 heteroatoms. The summed E-state index contributed by atoms with van der Waals surface area (Å²) in [5, 5.41) is 3.80. The maximum atomic E-state index is 12.7. The third kappa shape index (κ3) is 3.85. The van der Waals surface area contributed by atoms with E-state index in [1.165, 1.54) is 11.3 Å². The Labute approximate surface area is 160 Å². The zero-order valence-electron chi connectivity index (χ0n) is 13.6. The number of thiazole rings is 1. The van der Waals surface area contributed by atoms with Crippen LogP contribution in [0.2, 0.25) is 10.0 Å². The molecule has 4 rings (SSSR count). The van der Waals surface area contributed by atoms with Gasteiger partial charge in [0.1, 0.15) is 0 Å². The zero-order valence-corrected chi connectivity index (χ0v) is 15.9. The minimum absolute atomic E-state index is 0.106. The number of hydrogen-bond donors (Lipinski definition) is 0. The maximum absolute atomic E-state index is 12.7. The fourth-order valence-electron chi connectivity index (χ4n) is 3.01. The lowest BCUT2D eigenvalue weighted by Crippen LogP contribution is -2.38. The number of benzene rings is 1. The summed E-state index contributed by atoms with van der Waals surface area (Å²) in [5.74, 6) is 0.312. The van der Waals surface area contributed by atoms with Gasteiger partial charge in [-0.25, -0.2) is 4.98 Å². The van der Waals surface area contributed by atoms with Crippen molar-refractivity contribution in [1.82, 2.24) is 4.98 Å². The van der Waals surface area contributed by atoms with Crippen molar-refractivity contribution in [1.29, 1.82) is 0 Å². The van der Waals surface area contributed by atoms with E-state index in [1.807, 2.05) is 16.3 Å². The molecular formula is C18H18Cl2N2O2S. The second kappa shape index (κ2) is 7.23. The molecule has 2 aromatic rings. The van der Waals surface area contributed by atoms with Gasteiger partial charge in [-0.15, -0.1) is 11.3 Å². The summed E-state index contributed by atoms with van der Waals surface area (Å²) in [6.45, 7) is 1.36. The number of rotatable bonds is 5. The van der Waals surface area contributed by atoms with Crippen molar-refractivity contribution in [3.63, 3.8) is 0 Å². The summed E-state index contributed by atoms with van der Waals surface area (Å²) in [4.78, 5) is 19.2. The van der Waals surface area contributed by atoms with Gasteiger partial charge in [0.25, 0.3) is 0 Å². The first-order valence-corrected chi connectivity index (χ1v) is 10.1. The van der Waals surface area contributed by atoms with Gasteiger partial charge in [0.2, 0.25) is 5.91 Å². The summed E-state index contributed by atoms with van der Waals surface area (Å²) in [5.41, 5.74) is 1.59. The lowest BCUT2D eigenvalue weighted by atomic mass is 10.2. The number of nitrogens with zero attached hydrogens (tertiary/aromatic N) is 2. The molecule has 2 fully saturated rings. The van der Waals surface area contributed by atoms with Crippen molar-refractivity contribution < 1.29 is 9.53 Å². The van der Waals surface area contributed by atoms with E-state index in [-0.39, 0.29) is 17.9 Å². The van der Waals surface area contributed by atoms with E-state index in [0.717, 1.165) is 43.5 Å². The molecule has 0 spiro atoms. The highest BCUT2D eigenvalue weighted by Crippen LogP contribution is 2.37. The number of ether oxygens (including phenoxy) is 1. The molecule has 2 aliphatic rings. The third-order valence-electron chi connectivity index (χ3n) is 4.53. The summed E-state index contributed by atoms with van der Waals surface area (Å²) in [6.07, 6.45) is 4.11. The molecule has 1 amide bonds. The number of carbonyl (C=O) groups excluding carboxylic acids is 1. The largest absolute Gasteiger partial charge is 0.376 e. The Balaban J connectivity index is 1.60.